The molecule has 3 nitrogen and oxygen atoms in total. The summed E-state index contributed by atoms with van der Waals surface area (Å²) in [6.45, 7) is 6.13. The monoisotopic (exact) mass is 165 g/mol. The first kappa shape index (κ1) is 8.84. The van der Waals surface area contributed by atoms with E-state index in [0.29, 0.717) is 6.04 Å². The molecule has 1 aromatic rings. The lowest BCUT2D eigenvalue weighted by atomic mass is 10.2. The Bertz CT molecular complexity index is 268. The fourth-order valence-corrected chi connectivity index (χ4v) is 0.941. The molecule has 0 amide bonds. The minimum Gasteiger partial charge on any atom is -0.397 e. The molecule has 0 aliphatic carbocycles. The van der Waals surface area contributed by atoms with Gasteiger partial charge in [-0.3, -0.25) is 0 Å². The molecule has 3 heteroatoms. The van der Waals surface area contributed by atoms with Crippen LogP contribution in [-0.2, 0) is 0 Å². The fourth-order valence-electron chi connectivity index (χ4n) is 0.941. The van der Waals surface area contributed by atoms with Crippen molar-refractivity contribution in [3.63, 3.8) is 0 Å². The van der Waals surface area contributed by atoms with Gasteiger partial charge in [0.25, 0.3) is 0 Å². The van der Waals surface area contributed by atoms with Crippen LogP contribution in [0, 0.1) is 6.92 Å². The smallest absolute Gasteiger partial charge is 0.126 e. The van der Waals surface area contributed by atoms with Gasteiger partial charge in [0, 0.05) is 6.04 Å². The molecule has 0 saturated heterocycles. The summed E-state index contributed by atoms with van der Waals surface area (Å²) in [5, 5.41) is 3.21. The number of anilines is 2. The Morgan fingerprint density at radius 2 is 2.17 bits per heavy atom. The van der Waals surface area contributed by atoms with Crippen LogP contribution < -0.4 is 11.1 Å². The minimum absolute atomic E-state index is 0.403. The summed E-state index contributed by atoms with van der Waals surface area (Å²) in [5.41, 5.74) is 7.43. The first-order valence-electron chi connectivity index (χ1n) is 4.08. The summed E-state index contributed by atoms with van der Waals surface area (Å²) in [6, 6.07) is 2.36. The topological polar surface area (TPSA) is 50.9 Å². The predicted molar refractivity (Wildman–Crippen MR) is 52.1 cm³/mol. The highest BCUT2D eigenvalue weighted by atomic mass is 15.0. The van der Waals surface area contributed by atoms with E-state index in [0.717, 1.165) is 17.1 Å². The molecule has 0 aromatic carbocycles. The van der Waals surface area contributed by atoms with E-state index in [1.54, 1.807) is 6.20 Å². The Morgan fingerprint density at radius 1 is 1.50 bits per heavy atom. The largest absolute Gasteiger partial charge is 0.397 e. The second-order valence-corrected chi connectivity index (χ2v) is 3.23. The van der Waals surface area contributed by atoms with Gasteiger partial charge in [0.15, 0.2) is 0 Å². The van der Waals surface area contributed by atoms with E-state index >= 15 is 0 Å². The Morgan fingerprint density at radius 3 is 2.67 bits per heavy atom. The van der Waals surface area contributed by atoms with Crippen LogP contribution in [0.15, 0.2) is 12.3 Å². The van der Waals surface area contributed by atoms with E-state index in [9.17, 15) is 0 Å². The maximum Gasteiger partial charge on any atom is 0.126 e. The van der Waals surface area contributed by atoms with Crippen LogP contribution in [0.1, 0.15) is 19.4 Å². The Kier molecular flexibility index (Phi) is 2.53. The van der Waals surface area contributed by atoms with Gasteiger partial charge in [0.1, 0.15) is 5.82 Å². The van der Waals surface area contributed by atoms with Crippen LogP contribution in [0.2, 0.25) is 0 Å². The van der Waals surface area contributed by atoms with E-state index in [2.05, 4.69) is 24.1 Å². The number of hydrogen-bond donors (Lipinski definition) is 2. The molecule has 0 radical (unpaired) electrons. The lowest BCUT2D eigenvalue weighted by Gasteiger charge is -2.09. The fraction of sp³-hybridized carbons (Fsp3) is 0.444. The maximum absolute atomic E-state index is 5.63. The quantitative estimate of drug-likeness (QED) is 0.702. The molecule has 0 saturated carbocycles. The van der Waals surface area contributed by atoms with Crippen LogP contribution in [0.25, 0.3) is 0 Å². The van der Waals surface area contributed by atoms with Crippen molar-refractivity contribution in [2.75, 3.05) is 11.1 Å². The molecule has 0 aliphatic rings. The maximum atomic E-state index is 5.63. The van der Waals surface area contributed by atoms with Crippen molar-refractivity contribution < 1.29 is 0 Å². The van der Waals surface area contributed by atoms with Gasteiger partial charge in [-0.25, -0.2) is 4.98 Å². The van der Waals surface area contributed by atoms with Crippen molar-refractivity contribution in [2.45, 2.75) is 26.8 Å². The molecule has 3 N–H and O–H groups in total. The predicted octanol–water partition coefficient (Wildman–Crippen LogP) is 1.79. The minimum atomic E-state index is 0.403. The lowest BCUT2D eigenvalue weighted by molar-refractivity contribution is 0.889. The van der Waals surface area contributed by atoms with E-state index in [1.807, 2.05) is 13.0 Å². The van der Waals surface area contributed by atoms with Gasteiger partial charge in [-0.15, -0.1) is 0 Å². The summed E-state index contributed by atoms with van der Waals surface area (Å²) in [5.74, 6) is 0.886. The number of aromatic nitrogens is 1. The number of rotatable bonds is 2. The number of nitrogen functional groups attached to an aromatic ring is 1. The van der Waals surface area contributed by atoms with Gasteiger partial charge >= 0.3 is 0 Å². The van der Waals surface area contributed by atoms with Crippen LogP contribution in [0.4, 0.5) is 11.5 Å². The van der Waals surface area contributed by atoms with Gasteiger partial charge in [-0.2, -0.15) is 0 Å². The molecule has 1 heterocycles. The molecular formula is C9H15N3. The molecular weight excluding hydrogens is 150 g/mol. The van der Waals surface area contributed by atoms with E-state index < -0.39 is 0 Å². The summed E-state index contributed by atoms with van der Waals surface area (Å²) in [6.07, 6.45) is 1.68. The summed E-state index contributed by atoms with van der Waals surface area (Å²) in [4.78, 5) is 4.14. The van der Waals surface area contributed by atoms with Crippen LogP contribution in [0.5, 0.6) is 0 Å². The van der Waals surface area contributed by atoms with Crippen LogP contribution in [-0.4, -0.2) is 11.0 Å². The zero-order chi connectivity index (χ0) is 9.14. The average Bonchev–Trinajstić information content (AvgIpc) is 1.96. The molecule has 0 fully saturated rings. The Balaban J connectivity index is 2.82. The molecule has 0 aliphatic heterocycles. The average molecular weight is 165 g/mol. The van der Waals surface area contributed by atoms with E-state index in [-0.39, 0.29) is 0 Å². The van der Waals surface area contributed by atoms with Crippen molar-refractivity contribution in [2.24, 2.45) is 0 Å². The third kappa shape index (κ3) is 2.12. The zero-order valence-corrected chi connectivity index (χ0v) is 7.76. The number of nitrogens with zero attached hydrogens (tertiary/aromatic N) is 1. The zero-order valence-electron chi connectivity index (χ0n) is 7.76. The van der Waals surface area contributed by atoms with Gasteiger partial charge in [0.2, 0.25) is 0 Å². The molecule has 12 heavy (non-hydrogen) atoms. The van der Waals surface area contributed by atoms with Crippen molar-refractivity contribution in [1.29, 1.82) is 0 Å². The first-order valence-corrected chi connectivity index (χ1v) is 4.08. The lowest BCUT2D eigenvalue weighted by Crippen LogP contribution is -2.11. The van der Waals surface area contributed by atoms with Gasteiger partial charge in [-0.05, 0) is 32.4 Å². The number of hydrogen-bond acceptors (Lipinski definition) is 3. The van der Waals surface area contributed by atoms with Crippen LogP contribution >= 0.6 is 0 Å². The van der Waals surface area contributed by atoms with Gasteiger partial charge < -0.3 is 11.1 Å². The summed E-state index contributed by atoms with van der Waals surface area (Å²) < 4.78 is 0. The van der Waals surface area contributed by atoms with Crippen LogP contribution in [0.3, 0.4) is 0 Å². The molecule has 0 bridgehead atoms. The standard InChI is InChI=1S/C9H15N3/c1-6(2)12-9-4-7(3)8(10)5-11-9/h4-6H,10H2,1-3H3,(H,11,12). The molecule has 0 unspecified atom stereocenters. The molecule has 1 rings (SSSR count). The second kappa shape index (κ2) is 3.43. The first-order chi connectivity index (χ1) is 5.59. The number of nitrogens with two attached hydrogens (primary N) is 1. The normalized spacial score (nSPS) is 10.3. The van der Waals surface area contributed by atoms with Crippen molar-refractivity contribution in [3.8, 4) is 0 Å². The van der Waals surface area contributed by atoms with Gasteiger partial charge in [-0.1, -0.05) is 0 Å². The second-order valence-electron chi connectivity index (χ2n) is 3.23. The molecule has 0 atom stereocenters. The SMILES string of the molecule is Cc1cc(NC(C)C)ncc1N. The van der Waals surface area contributed by atoms with Gasteiger partial charge in [0.05, 0.1) is 11.9 Å². The highest BCUT2D eigenvalue weighted by molar-refractivity contribution is 5.50. The third-order valence-corrected chi connectivity index (χ3v) is 1.59. The Hall–Kier alpha value is -1.25. The number of aryl methyl sites for hydroxylation is 1. The van der Waals surface area contributed by atoms with Crippen molar-refractivity contribution in [3.05, 3.63) is 17.8 Å². The van der Waals surface area contributed by atoms with E-state index in [1.165, 1.54) is 0 Å². The van der Waals surface area contributed by atoms with Crippen molar-refractivity contribution in [1.82, 2.24) is 4.98 Å². The highest BCUT2D eigenvalue weighted by Crippen LogP contribution is 2.13. The molecule has 66 valence electrons. The third-order valence-electron chi connectivity index (χ3n) is 1.59. The summed E-state index contributed by atoms with van der Waals surface area (Å²) in [7, 11) is 0. The van der Waals surface area contributed by atoms with Crippen molar-refractivity contribution >= 4 is 11.5 Å². The molecule has 1 aromatic heterocycles. The van der Waals surface area contributed by atoms with E-state index in [4.69, 9.17) is 5.73 Å². The molecule has 0 spiro atoms. The summed E-state index contributed by atoms with van der Waals surface area (Å²) >= 11 is 0. The number of pyridine rings is 1. The Labute approximate surface area is 73.0 Å². The number of nitrogens with one attached hydrogen (secondary N) is 1. The highest BCUT2D eigenvalue weighted by Gasteiger charge is 1.98.